The molecule has 0 fully saturated rings. The van der Waals surface area contributed by atoms with Crippen LogP contribution in [-0.4, -0.2) is 29.1 Å². The van der Waals surface area contributed by atoms with Crippen LogP contribution in [-0.2, 0) is 0 Å². The van der Waals surface area contributed by atoms with E-state index in [4.69, 9.17) is 0 Å². The van der Waals surface area contributed by atoms with E-state index in [9.17, 15) is 0 Å². The second-order valence-electron chi connectivity index (χ2n) is 2.55. The molecule has 0 radical (unpaired) electrons. The molecule has 4 heteroatoms. The first-order chi connectivity index (χ1) is 5.18. The van der Waals surface area contributed by atoms with Crippen molar-refractivity contribution in [2.75, 3.05) is 19.5 Å². The fourth-order valence-electron chi connectivity index (χ4n) is 0.745. The molecule has 0 saturated heterocycles. The van der Waals surface area contributed by atoms with Crippen molar-refractivity contribution in [1.82, 2.24) is 15.0 Å². The van der Waals surface area contributed by atoms with Gasteiger partial charge in [0.15, 0.2) is 0 Å². The van der Waals surface area contributed by atoms with Crippen LogP contribution < -0.4 is 5.43 Å². The fourth-order valence-corrected chi connectivity index (χ4v) is 0.745. The summed E-state index contributed by atoms with van der Waals surface area (Å²) in [6.07, 6.45) is 1.54. The number of aryl methyl sites for hydroxylation is 1. The Morgan fingerprint density at radius 2 is 2.09 bits per heavy atom. The van der Waals surface area contributed by atoms with Gasteiger partial charge in [-0.25, -0.2) is 15.0 Å². The van der Waals surface area contributed by atoms with Crippen molar-refractivity contribution in [2.24, 2.45) is 0 Å². The van der Waals surface area contributed by atoms with E-state index in [0.29, 0.717) is 0 Å². The zero-order chi connectivity index (χ0) is 8.27. The van der Waals surface area contributed by atoms with Crippen molar-refractivity contribution in [2.45, 2.75) is 6.92 Å². The van der Waals surface area contributed by atoms with Crippen LogP contribution in [0.4, 0.5) is 5.82 Å². The van der Waals surface area contributed by atoms with Crippen molar-refractivity contribution in [3.05, 3.63) is 18.1 Å². The van der Waals surface area contributed by atoms with Gasteiger partial charge in [-0.3, -0.25) is 0 Å². The lowest BCUT2D eigenvalue weighted by Crippen LogP contribution is -2.20. The molecular weight excluding hydrogens is 140 g/mol. The summed E-state index contributed by atoms with van der Waals surface area (Å²) in [6.45, 7) is 1.93. The van der Waals surface area contributed by atoms with E-state index in [1.165, 1.54) is 0 Å². The molecule has 0 atom stereocenters. The highest BCUT2D eigenvalue weighted by Gasteiger charge is 1.93. The van der Waals surface area contributed by atoms with Gasteiger partial charge in [-0.15, -0.1) is 0 Å². The van der Waals surface area contributed by atoms with Gasteiger partial charge in [0, 0.05) is 25.9 Å². The molecule has 0 aliphatic carbocycles. The Bertz CT molecular complexity index is 234. The highest BCUT2D eigenvalue weighted by atomic mass is 15.5. The monoisotopic (exact) mass is 152 g/mol. The molecular formula is C7H12N4. The van der Waals surface area contributed by atoms with Gasteiger partial charge >= 0.3 is 0 Å². The van der Waals surface area contributed by atoms with Gasteiger partial charge in [-0.2, -0.15) is 0 Å². The maximum Gasteiger partial charge on any atom is 0.143 e. The maximum absolute atomic E-state index is 4.02. The number of nitrogens with one attached hydrogen (secondary N) is 1. The Morgan fingerprint density at radius 3 is 2.64 bits per heavy atom. The summed E-state index contributed by atoms with van der Waals surface area (Å²) in [4.78, 5) is 7.99. The zero-order valence-electron chi connectivity index (χ0n) is 7.00. The molecule has 0 spiro atoms. The quantitative estimate of drug-likeness (QED) is 0.632. The topological polar surface area (TPSA) is 41.0 Å². The highest BCUT2D eigenvalue weighted by molar-refractivity contribution is 5.32. The molecule has 0 bridgehead atoms. The summed E-state index contributed by atoms with van der Waals surface area (Å²) >= 11 is 0. The first-order valence-electron chi connectivity index (χ1n) is 3.41. The number of nitrogens with zero attached hydrogens (tertiary/aromatic N) is 3. The summed E-state index contributed by atoms with van der Waals surface area (Å²) in [5, 5.41) is 1.84. The van der Waals surface area contributed by atoms with Gasteiger partial charge in [0.1, 0.15) is 12.1 Å². The normalized spacial score (nSPS) is 10.2. The summed E-state index contributed by atoms with van der Waals surface area (Å²) in [7, 11) is 3.83. The lowest BCUT2D eigenvalue weighted by Gasteiger charge is -2.11. The van der Waals surface area contributed by atoms with E-state index >= 15 is 0 Å². The van der Waals surface area contributed by atoms with Gasteiger partial charge < -0.3 is 5.43 Å². The predicted molar refractivity (Wildman–Crippen MR) is 44.1 cm³/mol. The minimum Gasteiger partial charge on any atom is -0.304 e. The van der Waals surface area contributed by atoms with Crippen molar-refractivity contribution in [3.8, 4) is 0 Å². The molecule has 1 aromatic heterocycles. The van der Waals surface area contributed by atoms with E-state index in [-0.39, 0.29) is 0 Å². The molecule has 0 unspecified atom stereocenters. The molecule has 1 heterocycles. The molecule has 0 amide bonds. The van der Waals surface area contributed by atoms with Crippen LogP contribution in [0.2, 0.25) is 0 Å². The van der Waals surface area contributed by atoms with Gasteiger partial charge in [0.25, 0.3) is 0 Å². The number of aromatic nitrogens is 2. The highest BCUT2D eigenvalue weighted by Crippen LogP contribution is 2.01. The van der Waals surface area contributed by atoms with Gasteiger partial charge in [0.2, 0.25) is 0 Å². The minimum absolute atomic E-state index is 0.822. The van der Waals surface area contributed by atoms with Crippen LogP contribution in [0.5, 0.6) is 0 Å². The van der Waals surface area contributed by atoms with E-state index in [1.54, 1.807) is 6.33 Å². The van der Waals surface area contributed by atoms with Crippen molar-refractivity contribution < 1.29 is 0 Å². The van der Waals surface area contributed by atoms with Crippen LogP contribution >= 0.6 is 0 Å². The number of hydrazine groups is 1. The lowest BCUT2D eigenvalue weighted by atomic mass is 10.4. The first kappa shape index (κ1) is 7.94. The molecule has 0 aliphatic heterocycles. The third kappa shape index (κ3) is 2.51. The second-order valence-corrected chi connectivity index (χ2v) is 2.55. The van der Waals surface area contributed by atoms with E-state index < -0.39 is 0 Å². The van der Waals surface area contributed by atoms with Gasteiger partial charge in [0.05, 0.1) is 0 Å². The molecule has 0 saturated carbocycles. The minimum atomic E-state index is 0.822. The smallest absolute Gasteiger partial charge is 0.143 e. The van der Waals surface area contributed by atoms with Crippen LogP contribution in [0.1, 0.15) is 5.69 Å². The van der Waals surface area contributed by atoms with E-state index in [0.717, 1.165) is 11.5 Å². The fraction of sp³-hybridized carbons (Fsp3) is 0.429. The Labute approximate surface area is 66.2 Å². The summed E-state index contributed by atoms with van der Waals surface area (Å²) in [6, 6.07) is 1.89. The number of hydrogen-bond acceptors (Lipinski definition) is 4. The SMILES string of the molecule is Cc1cc(NN(C)C)ncn1. The number of anilines is 1. The molecule has 60 valence electrons. The summed E-state index contributed by atoms with van der Waals surface area (Å²) in [5.41, 5.74) is 3.99. The largest absolute Gasteiger partial charge is 0.304 e. The van der Waals surface area contributed by atoms with Gasteiger partial charge in [-0.05, 0) is 6.92 Å². The summed E-state index contributed by atoms with van der Waals surface area (Å²) in [5.74, 6) is 0.822. The molecule has 0 aliphatic rings. The molecule has 1 aromatic rings. The van der Waals surface area contributed by atoms with E-state index in [1.807, 2.05) is 32.1 Å². The maximum atomic E-state index is 4.02. The first-order valence-corrected chi connectivity index (χ1v) is 3.41. The van der Waals surface area contributed by atoms with Gasteiger partial charge in [-0.1, -0.05) is 0 Å². The zero-order valence-corrected chi connectivity index (χ0v) is 7.00. The van der Waals surface area contributed by atoms with Crippen LogP contribution in [0, 0.1) is 6.92 Å². The molecule has 4 nitrogen and oxygen atoms in total. The van der Waals surface area contributed by atoms with Crippen molar-refractivity contribution in [3.63, 3.8) is 0 Å². The standard InChI is InChI=1S/C7H12N4/c1-6-4-7(9-5-8-6)10-11(2)3/h4-5H,1-3H3,(H,8,9,10). The second kappa shape index (κ2) is 3.30. The molecule has 1 N–H and O–H groups in total. The number of rotatable bonds is 2. The average Bonchev–Trinajstić information content (AvgIpc) is 1.85. The third-order valence-electron chi connectivity index (χ3n) is 1.14. The third-order valence-corrected chi connectivity index (χ3v) is 1.14. The Kier molecular flexibility index (Phi) is 2.38. The summed E-state index contributed by atoms with van der Waals surface area (Å²) < 4.78 is 0. The van der Waals surface area contributed by atoms with Crippen molar-refractivity contribution >= 4 is 5.82 Å². The Balaban J connectivity index is 2.71. The van der Waals surface area contributed by atoms with Crippen molar-refractivity contribution in [1.29, 1.82) is 0 Å². The molecule has 1 rings (SSSR count). The van der Waals surface area contributed by atoms with Crippen LogP contribution in [0.3, 0.4) is 0 Å². The number of hydrogen-bond donors (Lipinski definition) is 1. The Morgan fingerprint density at radius 1 is 1.36 bits per heavy atom. The average molecular weight is 152 g/mol. The van der Waals surface area contributed by atoms with Crippen LogP contribution in [0.15, 0.2) is 12.4 Å². The lowest BCUT2D eigenvalue weighted by molar-refractivity contribution is 0.492. The van der Waals surface area contributed by atoms with E-state index in [2.05, 4.69) is 15.4 Å². The Hall–Kier alpha value is -1.16. The van der Waals surface area contributed by atoms with Crippen LogP contribution in [0.25, 0.3) is 0 Å². The molecule has 0 aromatic carbocycles. The molecule has 11 heavy (non-hydrogen) atoms. The predicted octanol–water partition coefficient (Wildman–Crippen LogP) is 0.674.